The Hall–Kier alpha value is -3.50. The molecule has 0 radical (unpaired) electrons. The minimum absolute atomic E-state index is 0.0287. The summed E-state index contributed by atoms with van der Waals surface area (Å²) in [5, 5.41) is 8.16. The Balaban J connectivity index is 1.58. The smallest absolute Gasteiger partial charge is 0.417 e. The molecule has 1 aromatic carbocycles. The fourth-order valence-electron chi connectivity index (χ4n) is 4.06. The highest BCUT2D eigenvalue weighted by molar-refractivity contribution is 5.98. The summed E-state index contributed by atoms with van der Waals surface area (Å²) in [6.45, 7) is 4.03. The number of hydrogen-bond acceptors (Lipinski definition) is 5. The zero-order chi connectivity index (χ0) is 24.5. The van der Waals surface area contributed by atoms with E-state index in [0.717, 1.165) is 25.0 Å². The molecule has 1 aliphatic heterocycles. The number of alkyl halides is 3. The number of rotatable bonds is 5. The lowest BCUT2D eigenvalue weighted by atomic mass is 9.90. The third-order valence-corrected chi connectivity index (χ3v) is 5.98. The quantitative estimate of drug-likeness (QED) is 0.508. The number of likely N-dealkylation sites (tertiary alicyclic amines) is 1. The normalized spacial score (nSPS) is 18.7. The van der Waals surface area contributed by atoms with Crippen LogP contribution in [0.2, 0.25) is 0 Å². The Morgan fingerprint density at radius 1 is 1.21 bits per heavy atom. The lowest BCUT2D eigenvalue weighted by Gasteiger charge is -2.40. The lowest BCUT2D eigenvalue weighted by molar-refractivity contribution is -0.137. The van der Waals surface area contributed by atoms with E-state index < -0.39 is 23.5 Å². The number of carbonyl (C=O) groups excluding carboxylic acids is 1. The van der Waals surface area contributed by atoms with Crippen LogP contribution in [0, 0.1) is 18.7 Å². The monoisotopic (exact) mass is 477 g/mol. The van der Waals surface area contributed by atoms with Gasteiger partial charge < -0.3 is 9.64 Å². The number of aryl methyl sites for hydroxylation is 1. The number of ether oxygens (including phenoxy) is 1. The molecule has 1 aliphatic rings. The molecule has 7 nitrogen and oxygen atoms in total. The molecule has 0 N–H and O–H groups in total. The average molecular weight is 477 g/mol. The van der Waals surface area contributed by atoms with Gasteiger partial charge in [0.2, 0.25) is 5.88 Å². The topological polar surface area (TPSA) is 73.1 Å². The minimum Gasteiger partial charge on any atom is -0.475 e. The van der Waals surface area contributed by atoms with Crippen molar-refractivity contribution in [2.24, 2.45) is 5.92 Å². The van der Waals surface area contributed by atoms with Crippen molar-refractivity contribution in [3.8, 4) is 11.6 Å². The van der Waals surface area contributed by atoms with Crippen LogP contribution in [0.4, 0.5) is 17.6 Å². The first-order chi connectivity index (χ1) is 16.1. The largest absolute Gasteiger partial charge is 0.475 e. The van der Waals surface area contributed by atoms with Gasteiger partial charge in [0.1, 0.15) is 12.4 Å². The molecular weight excluding hydrogens is 454 g/mol. The van der Waals surface area contributed by atoms with Crippen molar-refractivity contribution in [1.29, 1.82) is 0 Å². The van der Waals surface area contributed by atoms with Gasteiger partial charge in [-0.25, -0.2) is 9.37 Å². The molecule has 1 fully saturated rings. The SMILES string of the molecule is Cc1cc(-n2nccn2)c(C(=O)N2CCC[C@@H](C)[C@H]2COc2ccc(C(F)(F)F)cn2)cc1F. The van der Waals surface area contributed by atoms with Gasteiger partial charge in [0.15, 0.2) is 0 Å². The second-order valence-electron chi connectivity index (χ2n) is 8.32. The molecule has 0 bridgehead atoms. The molecule has 3 aromatic rings. The Morgan fingerprint density at radius 3 is 2.59 bits per heavy atom. The Kier molecular flexibility index (Phi) is 6.54. The van der Waals surface area contributed by atoms with Crippen LogP contribution in [0.15, 0.2) is 42.9 Å². The summed E-state index contributed by atoms with van der Waals surface area (Å²) in [7, 11) is 0. The van der Waals surface area contributed by atoms with E-state index in [0.29, 0.717) is 24.0 Å². The Bertz CT molecular complexity index is 1150. The molecule has 180 valence electrons. The fourth-order valence-corrected chi connectivity index (χ4v) is 4.06. The number of hydrogen-bond donors (Lipinski definition) is 0. The third kappa shape index (κ3) is 4.87. The van der Waals surface area contributed by atoms with E-state index in [4.69, 9.17) is 4.74 Å². The molecule has 0 aliphatic carbocycles. The molecule has 0 unspecified atom stereocenters. The molecule has 1 saturated heterocycles. The second-order valence-corrected chi connectivity index (χ2v) is 8.32. The highest BCUT2D eigenvalue weighted by Gasteiger charge is 2.35. The highest BCUT2D eigenvalue weighted by Crippen LogP contribution is 2.30. The van der Waals surface area contributed by atoms with Gasteiger partial charge in [-0.15, -0.1) is 0 Å². The van der Waals surface area contributed by atoms with Gasteiger partial charge in [-0.3, -0.25) is 4.79 Å². The second kappa shape index (κ2) is 9.40. The molecule has 0 saturated carbocycles. The maximum atomic E-state index is 14.5. The van der Waals surface area contributed by atoms with Crippen LogP contribution < -0.4 is 4.74 Å². The summed E-state index contributed by atoms with van der Waals surface area (Å²) in [4.78, 5) is 20.2. The molecule has 34 heavy (non-hydrogen) atoms. The Labute approximate surface area is 193 Å². The zero-order valence-electron chi connectivity index (χ0n) is 18.6. The van der Waals surface area contributed by atoms with Crippen molar-refractivity contribution in [2.75, 3.05) is 13.2 Å². The van der Waals surface area contributed by atoms with E-state index in [1.807, 2.05) is 6.92 Å². The number of pyridine rings is 1. The van der Waals surface area contributed by atoms with Crippen molar-refractivity contribution < 1.29 is 27.1 Å². The maximum Gasteiger partial charge on any atom is 0.417 e. The van der Waals surface area contributed by atoms with Crippen LogP contribution in [-0.2, 0) is 6.18 Å². The standard InChI is InChI=1S/C23H23F4N5O2/c1-14-4-3-9-31(20(14)13-34-21-6-5-16(12-28-21)23(25,26)27)22(33)17-11-18(24)15(2)10-19(17)32-29-7-8-30-32/h5-8,10-12,14,20H,3-4,9,13H2,1-2H3/t14-,20-/m1/s1. The van der Waals surface area contributed by atoms with E-state index in [9.17, 15) is 22.4 Å². The number of nitrogens with zero attached hydrogens (tertiary/aromatic N) is 5. The molecule has 11 heteroatoms. The Morgan fingerprint density at radius 2 is 1.94 bits per heavy atom. The van der Waals surface area contributed by atoms with Gasteiger partial charge >= 0.3 is 6.18 Å². The molecular formula is C23H23F4N5O2. The van der Waals surface area contributed by atoms with Crippen LogP contribution in [0.25, 0.3) is 5.69 Å². The predicted octanol–water partition coefficient (Wildman–Crippen LogP) is 4.45. The first-order valence-electron chi connectivity index (χ1n) is 10.8. The lowest BCUT2D eigenvalue weighted by Crippen LogP contribution is -2.51. The first kappa shape index (κ1) is 23.7. The first-order valence-corrected chi connectivity index (χ1v) is 10.8. The summed E-state index contributed by atoms with van der Waals surface area (Å²) < 4.78 is 58.4. The third-order valence-electron chi connectivity index (χ3n) is 5.98. The molecule has 2 aromatic heterocycles. The predicted molar refractivity (Wildman–Crippen MR) is 114 cm³/mol. The summed E-state index contributed by atoms with van der Waals surface area (Å²) in [5.41, 5.74) is -0.0461. The van der Waals surface area contributed by atoms with Gasteiger partial charge in [0.25, 0.3) is 5.91 Å². The van der Waals surface area contributed by atoms with Crippen LogP contribution in [0.3, 0.4) is 0 Å². The van der Waals surface area contributed by atoms with Crippen molar-refractivity contribution in [1.82, 2.24) is 24.9 Å². The number of amides is 1. The van der Waals surface area contributed by atoms with Crippen LogP contribution in [0.5, 0.6) is 5.88 Å². The summed E-state index contributed by atoms with van der Waals surface area (Å²) >= 11 is 0. The molecule has 3 heterocycles. The highest BCUT2D eigenvalue weighted by atomic mass is 19.4. The number of aromatic nitrogens is 4. The van der Waals surface area contributed by atoms with Gasteiger partial charge in [0, 0.05) is 18.8 Å². The van der Waals surface area contributed by atoms with Crippen molar-refractivity contribution in [3.63, 3.8) is 0 Å². The van der Waals surface area contributed by atoms with Crippen LogP contribution in [-0.4, -0.2) is 50.0 Å². The minimum atomic E-state index is -4.49. The van der Waals surface area contributed by atoms with E-state index in [-0.39, 0.29) is 30.0 Å². The molecule has 1 amide bonds. The van der Waals surface area contributed by atoms with Gasteiger partial charge in [-0.2, -0.15) is 28.2 Å². The average Bonchev–Trinajstić information content (AvgIpc) is 3.34. The van der Waals surface area contributed by atoms with E-state index in [1.165, 1.54) is 29.3 Å². The molecule has 2 atom stereocenters. The summed E-state index contributed by atoms with van der Waals surface area (Å²) in [6, 6.07) is 4.37. The van der Waals surface area contributed by atoms with Gasteiger partial charge in [-0.1, -0.05) is 6.92 Å². The molecule has 0 spiro atoms. The van der Waals surface area contributed by atoms with Crippen molar-refractivity contribution in [2.45, 2.75) is 38.9 Å². The maximum absolute atomic E-state index is 14.5. The number of carbonyl (C=O) groups is 1. The number of benzene rings is 1. The van der Waals surface area contributed by atoms with E-state index in [1.54, 1.807) is 11.8 Å². The van der Waals surface area contributed by atoms with E-state index >= 15 is 0 Å². The van der Waals surface area contributed by atoms with Crippen LogP contribution >= 0.6 is 0 Å². The van der Waals surface area contributed by atoms with Crippen LogP contribution in [0.1, 0.15) is 41.3 Å². The van der Waals surface area contributed by atoms with Gasteiger partial charge in [0.05, 0.1) is 35.2 Å². The zero-order valence-corrected chi connectivity index (χ0v) is 18.6. The summed E-state index contributed by atoms with van der Waals surface area (Å²) in [6.07, 6.45) is 0.741. The summed E-state index contributed by atoms with van der Waals surface area (Å²) in [5.74, 6) is -0.840. The fraction of sp³-hybridized carbons (Fsp3) is 0.391. The van der Waals surface area contributed by atoms with Crippen molar-refractivity contribution >= 4 is 5.91 Å². The van der Waals surface area contributed by atoms with E-state index in [2.05, 4.69) is 15.2 Å². The molecule has 4 rings (SSSR count). The number of piperidine rings is 1. The van der Waals surface area contributed by atoms with Gasteiger partial charge in [-0.05, 0) is 49.4 Å². The van der Waals surface area contributed by atoms with Crippen molar-refractivity contribution in [3.05, 3.63) is 65.4 Å². The number of halogens is 4.